The van der Waals surface area contributed by atoms with Crippen LogP contribution in [0.2, 0.25) is 0 Å². The highest BCUT2D eigenvalue weighted by atomic mass is 79.9. The Morgan fingerprint density at radius 2 is 2.07 bits per heavy atom. The summed E-state index contributed by atoms with van der Waals surface area (Å²) in [6.07, 6.45) is 3.50. The normalized spacial score (nSPS) is 11.1. The maximum atomic E-state index is 13.9. The lowest BCUT2D eigenvalue weighted by atomic mass is 10.2. The minimum atomic E-state index is -0.515. The van der Waals surface area contributed by atoms with Gasteiger partial charge in [-0.2, -0.15) is 10.2 Å². The van der Waals surface area contributed by atoms with Crippen LogP contribution in [-0.2, 0) is 6.54 Å². The topological polar surface area (TPSA) is 77.1 Å². The number of nitrogens with zero attached hydrogens (tertiary/aromatic N) is 5. The maximum absolute atomic E-state index is 13.9. The van der Waals surface area contributed by atoms with Crippen molar-refractivity contribution in [1.29, 1.82) is 0 Å². The summed E-state index contributed by atoms with van der Waals surface area (Å²) in [6, 6.07) is 7.85. The van der Waals surface area contributed by atoms with E-state index in [1.807, 2.05) is 20.0 Å². The van der Waals surface area contributed by atoms with Gasteiger partial charge in [-0.15, -0.1) is 0 Å². The van der Waals surface area contributed by atoms with Gasteiger partial charge in [0, 0.05) is 25.0 Å². The molecule has 4 aromatic rings. The predicted octanol–water partition coefficient (Wildman–Crippen LogP) is 4.08. The van der Waals surface area contributed by atoms with Gasteiger partial charge in [0.1, 0.15) is 11.5 Å². The third-order valence-electron chi connectivity index (χ3n) is 4.24. The fraction of sp³-hybridized carbons (Fsp3) is 0.158. The Balaban J connectivity index is 1.73. The average molecular weight is 443 g/mol. The van der Waals surface area contributed by atoms with E-state index in [0.29, 0.717) is 17.0 Å². The average Bonchev–Trinajstić information content (AvgIpc) is 3.28. The summed E-state index contributed by atoms with van der Waals surface area (Å²) in [6.45, 7) is 4.54. The largest absolute Gasteiger partial charge is 0.318 e. The second kappa shape index (κ2) is 7.16. The molecule has 0 unspecified atom stereocenters. The summed E-state index contributed by atoms with van der Waals surface area (Å²) in [5, 5.41) is 11.5. The number of anilines is 1. The summed E-state index contributed by atoms with van der Waals surface area (Å²) in [5.41, 5.74) is 2.95. The molecule has 3 aromatic heterocycles. The van der Waals surface area contributed by atoms with Crippen LogP contribution in [-0.4, -0.2) is 30.3 Å². The first-order chi connectivity index (χ1) is 13.5. The number of fused-ring (bicyclic) bond motifs is 1. The number of halogens is 2. The number of carbonyl (C=O) groups excluding carboxylic acids is 1. The van der Waals surface area contributed by atoms with Gasteiger partial charge in [-0.1, -0.05) is 6.07 Å². The number of hydrogen-bond donors (Lipinski definition) is 1. The van der Waals surface area contributed by atoms with Gasteiger partial charge in [0.2, 0.25) is 0 Å². The van der Waals surface area contributed by atoms with Gasteiger partial charge >= 0.3 is 0 Å². The molecule has 0 radical (unpaired) electrons. The zero-order chi connectivity index (χ0) is 19.8. The zero-order valence-corrected chi connectivity index (χ0v) is 16.7. The Bertz CT molecular complexity index is 1200. The van der Waals surface area contributed by atoms with Gasteiger partial charge in [0.05, 0.1) is 15.9 Å². The van der Waals surface area contributed by atoms with Crippen LogP contribution in [0, 0.1) is 12.7 Å². The van der Waals surface area contributed by atoms with Gasteiger partial charge in [-0.3, -0.25) is 9.48 Å². The van der Waals surface area contributed by atoms with E-state index in [4.69, 9.17) is 0 Å². The molecule has 9 heteroatoms. The minimum Gasteiger partial charge on any atom is -0.318 e. The number of nitrogens with one attached hydrogen (secondary N) is 1. The van der Waals surface area contributed by atoms with Gasteiger partial charge in [-0.05, 0) is 53.5 Å². The molecule has 0 aliphatic carbocycles. The molecule has 1 N–H and O–H groups in total. The molecule has 0 atom stereocenters. The Hall–Kier alpha value is -3.07. The molecule has 28 heavy (non-hydrogen) atoms. The molecule has 0 aliphatic rings. The van der Waals surface area contributed by atoms with Crippen LogP contribution < -0.4 is 5.32 Å². The Labute approximate surface area is 168 Å². The number of carbonyl (C=O) groups is 1. The summed E-state index contributed by atoms with van der Waals surface area (Å²) < 4.78 is 18.1. The molecule has 1 aromatic carbocycles. The number of hydrogen-bond acceptors (Lipinski definition) is 4. The van der Waals surface area contributed by atoms with Crippen molar-refractivity contribution in [2.75, 3.05) is 5.32 Å². The first-order valence-electron chi connectivity index (χ1n) is 8.62. The summed E-state index contributed by atoms with van der Waals surface area (Å²) in [7, 11) is 0. The third kappa shape index (κ3) is 3.29. The molecule has 0 saturated carbocycles. The van der Waals surface area contributed by atoms with Crippen LogP contribution in [0.3, 0.4) is 0 Å². The van der Waals surface area contributed by atoms with Crippen LogP contribution in [0.5, 0.6) is 0 Å². The molecule has 4 rings (SSSR count). The number of aromatic nitrogens is 5. The molecule has 0 aliphatic heterocycles. The van der Waals surface area contributed by atoms with Crippen molar-refractivity contribution in [3.8, 4) is 11.4 Å². The summed E-state index contributed by atoms with van der Waals surface area (Å²) in [4.78, 5) is 16.9. The van der Waals surface area contributed by atoms with Crippen LogP contribution in [0.4, 0.5) is 10.1 Å². The SMILES string of the molecule is CCn1cc(Br)c(-c2ccnc3cc(C(=O)Nc4cc(C)ccc4F)nn23)n1. The predicted molar refractivity (Wildman–Crippen MR) is 107 cm³/mol. The lowest BCUT2D eigenvalue weighted by molar-refractivity contribution is 0.102. The minimum absolute atomic E-state index is 0.111. The molecular weight excluding hydrogens is 427 g/mol. The van der Waals surface area contributed by atoms with E-state index in [1.54, 1.807) is 39.7 Å². The molecule has 0 fully saturated rings. The summed E-state index contributed by atoms with van der Waals surface area (Å²) >= 11 is 3.51. The Morgan fingerprint density at radius 3 is 2.82 bits per heavy atom. The van der Waals surface area contributed by atoms with Crippen LogP contribution in [0.15, 0.2) is 47.2 Å². The lowest BCUT2D eigenvalue weighted by Gasteiger charge is -2.05. The second-order valence-corrected chi connectivity index (χ2v) is 7.10. The molecule has 0 bridgehead atoms. The van der Waals surface area contributed by atoms with Crippen molar-refractivity contribution in [3.05, 3.63) is 64.3 Å². The van der Waals surface area contributed by atoms with E-state index >= 15 is 0 Å². The van der Waals surface area contributed by atoms with Gasteiger partial charge in [0.15, 0.2) is 11.3 Å². The Kier molecular flexibility index (Phi) is 4.68. The van der Waals surface area contributed by atoms with E-state index < -0.39 is 11.7 Å². The van der Waals surface area contributed by atoms with Gasteiger partial charge < -0.3 is 5.32 Å². The quantitative estimate of drug-likeness (QED) is 0.516. The van der Waals surface area contributed by atoms with E-state index in [2.05, 4.69) is 36.4 Å². The van der Waals surface area contributed by atoms with Crippen molar-refractivity contribution in [1.82, 2.24) is 24.4 Å². The van der Waals surface area contributed by atoms with E-state index in [1.165, 1.54) is 6.07 Å². The van der Waals surface area contributed by atoms with Crippen molar-refractivity contribution < 1.29 is 9.18 Å². The highest BCUT2D eigenvalue weighted by Gasteiger charge is 2.18. The molecule has 0 saturated heterocycles. The van der Waals surface area contributed by atoms with Gasteiger partial charge in [-0.25, -0.2) is 13.9 Å². The van der Waals surface area contributed by atoms with Crippen LogP contribution in [0.1, 0.15) is 23.0 Å². The number of amides is 1. The van der Waals surface area contributed by atoms with E-state index in [0.717, 1.165) is 16.6 Å². The smallest absolute Gasteiger partial charge is 0.276 e. The third-order valence-corrected chi connectivity index (χ3v) is 4.82. The molecule has 1 amide bonds. The molecule has 0 spiro atoms. The fourth-order valence-electron chi connectivity index (χ4n) is 2.84. The number of aryl methyl sites for hydroxylation is 2. The van der Waals surface area contributed by atoms with Crippen molar-refractivity contribution in [3.63, 3.8) is 0 Å². The van der Waals surface area contributed by atoms with Crippen molar-refractivity contribution >= 4 is 33.2 Å². The maximum Gasteiger partial charge on any atom is 0.276 e. The first-order valence-corrected chi connectivity index (χ1v) is 9.41. The van der Waals surface area contributed by atoms with Crippen molar-refractivity contribution in [2.24, 2.45) is 0 Å². The molecular formula is C19H16BrFN6O. The van der Waals surface area contributed by atoms with Crippen LogP contribution >= 0.6 is 15.9 Å². The molecule has 142 valence electrons. The molecule has 3 heterocycles. The van der Waals surface area contributed by atoms with E-state index in [9.17, 15) is 9.18 Å². The summed E-state index contributed by atoms with van der Waals surface area (Å²) in [5.74, 6) is -1.02. The first kappa shape index (κ1) is 18.3. The standard InChI is InChI=1S/C19H16BrFN6O/c1-3-26-10-12(20)18(25-26)16-6-7-22-17-9-15(24-27(16)17)19(28)23-14-8-11(2)4-5-13(14)21/h4-10H,3H2,1-2H3,(H,23,28). The Morgan fingerprint density at radius 1 is 1.25 bits per heavy atom. The highest BCUT2D eigenvalue weighted by Crippen LogP contribution is 2.27. The highest BCUT2D eigenvalue weighted by molar-refractivity contribution is 9.10. The lowest BCUT2D eigenvalue weighted by Crippen LogP contribution is -2.14. The van der Waals surface area contributed by atoms with Crippen molar-refractivity contribution in [2.45, 2.75) is 20.4 Å². The van der Waals surface area contributed by atoms with E-state index in [-0.39, 0.29) is 11.4 Å². The monoisotopic (exact) mass is 442 g/mol. The van der Waals surface area contributed by atoms with Crippen LogP contribution in [0.25, 0.3) is 17.0 Å². The van der Waals surface area contributed by atoms with Gasteiger partial charge in [0.25, 0.3) is 5.91 Å². The zero-order valence-electron chi connectivity index (χ0n) is 15.1. The second-order valence-electron chi connectivity index (χ2n) is 6.25. The number of benzene rings is 1. The molecule has 7 nitrogen and oxygen atoms in total. The number of rotatable bonds is 4. The fourth-order valence-corrected chi connectivity index (χ4v) is 3.36.